The number of rotatable bonds is 8. The van der Waals surface area contributed by atoms with E-state index in [1.807, 2.05) is 12.2 Å². The third kappa shape index (κ3) is 5.83. The van der Waals surface area contributed by atoms with E-state index in [-0.39, 0.29) is 17.1 Å². The number of aliphatic hydroxyl groups excluding tert-OH is 2. The highest BCUT2D eigenvalue weighted by Crippen LogP contribution is 2.42. The highest BCUT2D eigenvalue weighted by atomic mass is 28.4. The third-order valence-corrected chi connectivity index (χ3v) is 10.1. The molecule has 0 radical (unpaired) electrons. The lowest BCUT2D eigenvalue weighted by atomic mass is 10.00. The second-order valence-electron chi connectivity index (χ2n) is 8.72. The van der Waals surface area contributed by atoms with Crippen molar-refractivity contribution >= 4 is 8.32 Å². The molecule has 4 heteroatoms. The normalized spacial score (nSPS) is 27.2. The van der Waals surface area contributed by atoms with Gasteiger partial charge in [-0.05, 0) is 30.1 Å². The van der Waals surface area contributed by atoms with Crippen LogP contribution in [0.25, 0.3) is 0 Å². The molecule has 4 atom stereocenters. The van der Waals surface area contributed by atoms with Crippen molar-refractivity contribution in [1.29, 1.82) is 0 Å². The zero-order valence-electron chi connectivity index (χ0n) is 16.5. The average Bonchev–Trinajstić information content (AvgIpc) is 2.70. The summed E-state index contributed by atoms with van der Waals surface area (Å²) in [6, 6.07) is 0. The minimum absolute atomic E-state index is 0.0761. The second kappa shape index (κ2) is 8.79. The second-order valence-corrected chi connectivity index (χ2v) is 13.5. The molecule has 0 amide bonds. The Morgan fingerprint density at radius 2 is 1.96 bits per heavy atom. The fourth-order valence-corrected chi connectivity index (χ4v) is 4.15. The highest BCUT2D eigenvalue weighted by molar-refractivity contribution is 6.74. The predicted octanol–water partition coefficient (Wildman–Crippen LogP) is 4.81. The Hall–Kier alpha value is -0.423. The lowest BCUT2D eigenvalue weighted by Gasteiger charge is -2.38. The fraction of sp³-hybridized carbons (Fsp3) is 0.800. The summed E-state index contributed by atoms with van der Waals surface area (Å²) in [6.45, 7) is 17.5. The van der Waals surface area contributed by atoms with Gasteiger partial charge in [0.1, 0.15) is 0 Å². The molecular formula is C20H38O3Si. The van der Waals surface area contributed by atoms with E-state index in [0.29, 0.717) is 6.42 Å². The van der Waals surface area contributed by atoms with Crippen molar-refractivity contribution in [1.82, 2.24) is 0 Å². The molecule has 3 nitrogen and oxygen atoms in total. The van der Waals surface area contributed by atoms with Gasteiger partial charge in [0.25, 0.3) is 0 Å². The lowest BCUT2D eigenvalue weighted by Crippen LogP contribution is -2.43. The average molecular weight is 355 g/mol. The van der Waals surface area contributed by atoms with Gasteiger partial charge in [-0.3, -0.25) is 0 Å². The monoisotopic (exact) mass is 354 g/mol. The van der Waals surface area contributed by atoms with E-state index in [4.69, 9.17) is 4.43 Å². The van der Waals surface area contributed by atoms with E-state index in [0.717, 1.165) is 31.3 Å². The van der Waals surface area contributed by atoms with Gasteiger partial charge in [0.05, 0.1) is 18.3 Å². The van der Waals surface area contributed by atoms with E-state index < -0.39 is 20.5 Å². The lowest BCUT2D eigenvalue weighted by molar-refractivity contribution is 0.131. The third-order valence-electron chi connectivity index (χ3n) is 5.60. The van der Waals surface area contributed by atoms with E-state index in [9.17, 15) is 10.2 Å². The molecule has 1 aliphatic carbocycles. The topological polar surface area (TPSA) is 49.7 Å². The Balaban J connectivity index is 2.65. The zero-order chi connectivity index (χ0) is 18.5. The number of unbranched alkanes of at least 4 members (excludes halogenated alkanes) is 2. The van der Waals surface area contributed by atoms with Gasteiger partial charge in [0.15, 0.2) is 8.32 Å². The molecule has 1 rings (SSSR count). The van der Waals surface area contributed by atoms with Crippen LogP contribution in [-0.4, -0.2) is 36.8 Å². The van der Waals surface area contributed by atoms with Crippen LogP contribution in [0.4, 0.5) is 0 Å². The maximum Gasteiger partial charge on any atom is 0.192 e. The van der Waals surface area contributed by atoms with Crippen LogP contribution in [0.2, 0.25) is 18.1 Å². The molecule has 0 saturated heterocycles. The largest absolute Gasteiger partial charge is 0.410 e. The highest BCUT2D eigenvalue weighted by Gasteiger charge is 2.43. The summed E-state index contributed by atoms with van der Waals surface area (Å²) in [5.41, 5.74) is 0.948. The first-order valence-electron chi connectivity index (χ1n) is 9.40. The molecule has 140 valence electrons. The molecule has 0 aromatic rings. The summed E-state index contributed by atoms with van der Waals surface area (Å²) in [5.74, 6) is -0.111. The van der Waals surface area contributed by atoms with E-state index >= 15 is 0 Å². The van der Waals surface area contributed by atoms with Crippen molar-refractivity contribution in [2.75, 3.05) is 0 Å². The van der Waals surface area contributed by atoms with E-state index in [2.05, 4.69) is 47.4 Å². The fourth-order valence-electron chi connectivity index (χ4n) is 2.83. The van der Waals surface area contributed by atoms with Gasteiger partial charge < -0.3 is 14.6 Å². The van der Waals surface area contributed by atoms with Crippen molar-refractivity contribution in [3.63, 3.8) is 0 Å². The Bertz CT molecular complexity index is 437. The molecule has 1 fully saturated rings. The number of hydrogen-bond donors (Lipinski definition) is 2. The van der Waals surface area contributed by atoms with Crippen LogP contribution in [0.3, 0.4) is 0 Å². The number of aliphatic hydroxyl groups is 2. The smallest absolute Gasteiger partial charge is 0.192 e. The summed E-state index contributed by atoms with van der Waals surface area (Å²) in [6.07, 6.45) is 7.49. The zero-order valence-corrected chi connectivity index (χ0v) is 17.5. The van der Waals surface area contributed by atoms with Crippen LogP contribution in [0.5, 0.6) is 0 Å². The van der Waals surface area contributed by atoms with Crippen molar-refractivity contribution in [2.45, 2.75) is 96.2 Å². The first-order valence-corrected chi connectivity index (χ1v) is 12.3. The quantitative estimate of drug-likeness (QED) is 0.373. The van der Waals surface area contributed by atoms with Crippen LogP contribution in [0.1, 0.15) is 59.8 Å². The van der Waals surface area contributed by atoms with E-state index in [1.54, 1.807) is 0 Å². The van der Waals surface area contributed by atoms with Gasteiger partial charge in [0, 0.05) is 12.3 Å². The first kappa shape index (κ1) is 21.6. The molecule has 0 unspecified atom stereocenters. The molecule has 2 N–H and O–H groups in total. The molecule has 0 aliphatic heterocycles. The Morgan fingerprint density at radius 3 is 2.50 bits per heavy atom. The first-order chi connectivity index (χ1) is 11.0. The van der Waals surface area contributed by atoms with Crippen LogP contribution < -0.4 is 0 Å². The summed E-state index contributed by atoms with van der Waals surface area (Å²) >= 11 is 0. The van der Waals surface area contributed by atoms with Gasteiger partial charge in [0.2, 0.25) is 0 Å². The molecule has 0 bridgehead atoms. The van der Waals surface area contributed by atoms with Crippen LogP contribution >= 0.6 is 0 Å². The standard InChI is InChI=1S/C20H38O3Si/c1-8-9-10-11-16(21)12-13-17-15(2)19(14-18(17)22)23-24(6,7)20(3,4)5/h12-13,16-19,21-22H,2,8-11,14H2,1,3-7H3/t16-,17+,18+,19+/m0/s1. The Kier molecular flexibility index (Phi) is 7.92. The molecule has 0 aromatic heterocycles. The van der Waals surface area contributed by atoms with Crippen LogP contribution in [0.15, 0.2) is 24.3 Å². The Morgan fingerprint density at radius 1 is 1.33 bits per heavy atom. The number of hydrogen-bond acceptors (Lipinski definition) is 3. The van der Waals surface area contributed by atoms with Crippen molar-refractivity contribution in [2.24, 2.45) is 5.92 Å². The van der Waals surface area contributed by atoms with Crippen molar-refractivity contribution in [3.05, 3.63) is 24.3 Å². The summed E-state index contributed by atoms with van der Waals surface area (Å²) < 4.78 is 6.45. The molecule has 24 heavy (non-hydrogen) atoms. The molecule has 0 spiro atoms. The van der Waals surface area contributed by atoms with Gasteiger partial charge in [-0.15, -0.1) is 0 Å². The maximum absolute atomic E-state index is 10.4. The van der Waals surface area contributed by atoms with Crippen molar-refractivity contribution < 1.29 is 14.6 Å². The summed E-state index contributed by atoms with van der Waals surface area (Å²) in [7, 11) is -1.88. The van der Waals surface area contributed by atoms with E-state index in [1.165, 1.54) is 0 Å². The van der Waals surface area contributed by atoms with Gasteiger partial charge >= 0.3 is 0 Å². The Labute approximate surface area is 149 Å². The van der Waals surface area contributed by atoms with Gasteiger partial charge in [-0.1, -0.05) is 65.7 Å². The molecule has 0 aromatic carbocycles. The molecule has 1 saturated carbocycles. The minimum atomic E-state index is -1.88. The maximum atomic E-state index is 10.4. The summed E-state index contributed by atoms with van der Waals surface area (Å²) in [5, 5.41) is 20.6. The van der Waals surface area contributed by atoms with Crippen molar-refractivity contribution in [3.8, 4) is 0 Å². The van der Waals surface area contributed by atoms with Gasteiger partial charge in [-0.2, -0.15) is 0 Å². The van der Waals surface area contributed by atoms with Crippen LogP contribution in [-0.2, 0) is 4.43 Å². The molecule has 1 aliphatic rings. The van der Waals surface area contributed by atoms with Crippen LogP contribution in [0, 0.1) is 5.92 Å². The SMILES string of the molecule is C=C1[C@@H](C=C[C@@H](O)CCCCC)[C@H](O)C[C@H]1O[Si](C)(C)C(C)(C)C. The minimum Gasteiger partial charge on any atom is -0.410 e. The predicted molar refractivity (Wildman–Crippen MR) is 105 cm³/mol. The molecular weight excluding hydrogens is 316 g/mol. The van der Waals surface area contributed by atoms with Gasteiger partial charge in [-0.25, -0.2) is 0 Å². The summed E-state index contributed by atoms with van der Waals surface area (Å²) in [4.78, 5) is 0. The molecule has 0 heterocycles.